The van der Waals surface area contributed by atoms with Gasteiger partial charge in [0, 0.05) is 20.1 Å². The van der Waals surface area contributed by atoms with Crippen molar-refractivity contribution < 1.29 is 19.1 Å². The minimum absolute atomic E-state index is 0.0183. The van der Waals surface area contributed by atoms with Crippen molar-refractivity contribution in [3.8, 4) is 6.07 Å². The van der Waals surface area contributed by atoms with Crippen molar-refractivity contribution in [2.75, 3.05) is 20.3 Å². The van der Waals surface area contributed by atoms with Crippen LogP contribution in [0.4, 0.5) is 4.79 Å². The number of Topliss-reactive ketones (excluding diaryl/α,β-unsaturated/α-hetero) is 1. The van der Waals surface area contributed by atoms with E-state index in [1.165, 1.54) is 27.9 Å². The molecule has 0 radical (unpaired) electrons. The predicted octanol–water partition coefficient (Wildman–Crippen LogP) is 2.03. The van der Waals surface area contributed by atoms with Gasteiger partial charge in [-0.25, -0.2) is 9.78 Å². The number of piperidine rings is 1. The van der Waals surface area contributed by atoms with Gasteiger partial charge in [0.25, 0.3) is 5.56 Å². The van der Waals surface area contributed by atoms with Crippen LogP contribution in [0.1, 0.15) is 24.8 Å². The molecule has 1 aliphatic heterocycles. The lowest BCUT2D eigenvalue weighted by Gasteiger charge is -2.39. The van der Waals surface area contributed by atoms with Crippen LogP contribution in [-0.4, -0.2) is 58.7 Å². The van der Waals surface area contributed by atoms with Crippen LogP contribution in [-0.2, 0) is 20.8 Å². The molecule has 9 nitrogen and oxygen atoms in total. The quantitative estimate of drug-likeness (QED) is 0.625. The average Bonchev–Trinajstić information content (AvgIpc) is 2.79. The number of amides is 1. The Morgan fingerprint density at radius 1 is 1.42 bits per heavy atom. The van der Waals surface area contributed by atoms with Gasteiger partial charge in [-0.05, 0) is 31.0 Å². The van der Waals surface area contributed by atoms with Crippen molar-refractivity contribution in [3.05, 3.63) is 53.1 Å². The van der Waals surface area contributed by atoms with Gasteiger partial charge in [0.2, 0.25) is 0 Å². The van der Waals surface area contributed by atoms with Crippen molar-refractivity contribution in [1.82, 2.24) is 14.5 Å². The number of hydrogen-bond donors (Lipinski definition) is 0. The number of aromatic nitrogens is 2. The Balaban J connectivity index is 1.79. The van der Waals surface area contributed by atoms with E-state index in [0.29, 0.717) is 24.0 Å². The zero-order valence-corrected chi connectivity index (χ0v) is 17.3. The van der Waals surface area contributed by atoms with Crippen LogP contribution in [0.3, 0.4) is 0 Å². The normalized spacial score (nSPS) is 18.4. The van der Waals surface area contributed by atoms with Gasteiger partial charge < -0.3 is 14.4 Å². The topological polar surface area (TPSA) is 115 Å². The fourth-order valence-electron chi connectivity index (χ4n) is 3.81. The molecule has 1 aromatic heterocycles. The van der Waals surface area contributed by atoms with Crippen molar-refractivity contribution in [2.24, 2.45) is 0 Å². The summed E-state index contributed by atoms with van der Waals surface area (Å²) in [7, 11) is 1.55. The number of methoxy groups -OCH3 is 1. The van der Waals surface area contributed by atoms with Crippen LogP contribution >= 0.6 is 0 Å². The maximum absolute atomic E-state index is 12.8. The number of ketones is 1. The molecule has 1 aromatic carbocycles. The molecule has 1 fully saturated rings. The van der Waals surface area contributed by atoms with E-state index in [1.54, 1.807) is 19.2 Å². The van der Waals surface area contributed by atoms with E-state index in [1.807, 2.05) is 6.07 Å². The number of rotatable bonds is 7. The highest BCUT2D eigenvalue weighted by Gasteiger charge is 2.36. The minimum Gasteiger partial charge on any atom is -0.445 e. The van der Waals surface area contributed by atoms with E-state index >= 15 is 0 Å². The van der Waals surface area contributed by atoms with Crippen LogP contribution in [0.15, 0.2) is 42.0 Å². The second-order valence-corrected chi connectivity index (χ2v) is 7.31. The van der Waals surface area contributed by atoms with Gasteiger partial charge in [0.1, 0.15) is 6.61 Å². The third-order valence-electron chi connectivity index (χ3n) is 5.32. The van der Waals surface area contributed by atoms with E-state index in [0.717, 1.165) is 6.42 Å². The Labute approximate surface area is 179 Å². The van der Waals surface area contributed by atoms with Crippen molar-refractivity contribution in [3.63, 3.8) is 0 Å². The molecular weight excluding hydrogens is 400 g/mol. The first-order valence-corrected chi connectivity index (χ1v) is 9.96. The van der Waals surface area contributed by atoms with Gasteiger partial charge >= 0.3 is 6.09 Å². The van der Waals surface area contributed by atoms with Gasteiger partial charge in [0.05, 0.1) is 47.6 Å². The smallest absolute Gasteiger partial charge is 0.410 e. The molecule has 0 unspecified atom stereocenters. The summed E-state index contributed by atoms with van der Waals surface area (Å²) in [5.74, 6) is -0.241. The van der Waals surface area contributed by atoms with Crippen LogP contribution in [0, 0.1) is 11.3 Å². The third kappa shape index (κ3) is 4.98. The Hall–Kier alpha value is -3.51. The summed E-state index contributed by atoms with van der Waals surface area (Å²) in [6.45, 7) is 3.88. The highest BCUT2D eigenvalue weighted by Crippen LogP contribution is 2.24. The number of ether oxygens (including phenoxy) is 2. The average molecular weight is 424 g/mol. The molecular formula is C22H24N4O5. The van der Waals surface area contributed by atoms with E-state index in [-0.39, 0.29) is 36.8 Å². The first-order valence-electron chi connectivity index (χ1n) is 9.96. The second kappa shape index (κ2) is 10.00. The summed E-state index contributed by atoms with van der Waals surface area (Å²) in [6, 6.07) is 6.14. The highest BCUT2D eigenvalue weighted by atomic mass is 16.6. The van der Waals surface area contributed by atoms with Gasteiger partial charge in [-0.2, -0.15) is 5.26 Å². The molecule has 0 bridgehead atoms. The predicted molar refractivity (Wildman–Crippen MR) is 112 cm³/mol. The maximum Gasteiger partial charge on any atom is 0.410 e. The summed E-state index contributed by atoms with van der Waals surface area (Å²) < 4.78 is 11.9. The summed E-state index contributed by atoms with van der Waals surface area (Å²) in [6.07, 6.45) is 3.44. The number of hydrogen-bond acceptors (Lipinski definition) is 7. The molecule has 162 valence electrons. The standard InChI is InChI=1S/C22H24N4O5/c1-3-9-31-22(29)26-8-4-5-20(30-2)19(26)11-16(27)13-25-14-24-18-7-6-15(12-23)10-17(18)21(25)28/h3,6-7,10,14,19-20H,1,4-5,8-9,11,13H2,2H3/t19-,20+/m1/s1. The monoisotopic (exact) mass is 424 g/mol. The zero-order valence-electron chi connectivity index (χ0n) is 17.3. The summed E-state index contributed by atoms with van der Waals surface area (Å²) in [4.78, 5) is 43.8. The van der Waals surface area contributed by atoms with Crippen molar-refractivity contribution >= 4 is 22.8 Å². The van der Waals surface area contributed by atoms with Crippen LogP contribution < -0.4 is 5.56 Å². The molecule has 31 heavy (non-hydrogen) atoms. The Bertz CT molecular complexity index is 1090. The SMILES string of the molecule is C=CCOC(=O)N1CCC[C@H](OC)[C@H]1CC(=O)Cn1cnc2ccc(C#N)cc2c1=O. The first-order chi connectivity index (χ1) is 15.0. The Morgan fingerprint density at radius 2 is 2.23 bits per heavy atom. The molecule has 1 aliphatic rings. The summed E-state index contributed by atoms with van der Waals surface area (Å²) in [5, 5.41) is 9.34. The van der Waals surface area contributed by atoms with E-state index in [9.17, 15) is 14.4 Å². The molecule has 1 saturated heterocycles. The van der Waals surface area contributed by atoms with Crippen molar-refractivity contribution in [2.45, 2.75) is 38.0 Å². The minimum atomic E-state index is -0.520. The molecule has 2 aromatic rings. The molecule has 2 atom stereocenters. The number of likely N-dealkylation sites (tertiary alicyclic amines) is 1. The van der Waals surface area contributed by atoms with Crippen LogP contribution in [0.5, 0.6) is 0 Å². The van der Waals surface area contributed by atoms with Crippen molar-refractivity contribution in [1.29, 1.82) is 5.26 Å². The van der Waals surface area contributed by atoms with Gasteiger partial charge in [0.15, 0.2) is 5.78 Å². The molecule has 0 aliphatic carbocycles. The molecule has 0 N–H and O–H groups in total. The Morgan fingerprint density at radius 3 is 2.94 bits per heavy atom. The highest BCUT2D eigenvalue weighted by molar-refractivity contribution is 5.81. The largest absolute Gasteiger partial charge is 0.445 e. The van der Waals surface area contributed by atoms with E-state index in [2.05, 4.69) is 11.6 Å². The Kier molecular flexibility index (Phi) is 7.15. The number of carbonyl (C=O) groups is 2. The van der Waals surface area contributed by atoms with Crippen LogP contribution in [0.2, 0.25) is 0 Å². The number of carbonyl (C=O) groups excluding carboxylic acids is 2. The third-order valence-corrected chi connectivity index (χ3v) is 5.32. The molecule has 0 saturated carbocycles. The number of fused-ring (bicyclic) bond motifs is 1. The zero-order chi connectivity index (χ0) is 22.4. The fraction of sp³-hybridized carbons (Fsp3) is 0.409. The van der Waals surface area contributed by atoms with Gasteiger partial charge in [-0.3, -0.25) is 14.2 Å². The molecule has 9 heteroatoms. The summed E-state index contributed by atoms with van der Waals surface area (Å²) >= 11 is 0. The lowest BCUT2D eigenvalue weighted by atomic mass is 9.94. The fourth-order valence-corrected chi connectivity index (χ4v) is 3.81. The molecule has 3 rings (SSSR count). The second-order valence-electron chi connectivity index (χ2n) is 7.31. The molecule has 0 spiro atoms. The molecule has 2 heterocycles. The number of nitrogens with zero attached hydrogens (tertiary/aromatic N) is 4. The van der Waals surface area contributed by atoms with Crippen LogP contribution in [0.25, 0.3) is 10.9 Å². The van der Waals surface area contributed by atoms with Gasteiger partial charge in [-0.1, -0.05) is 12.7 Å². The maximum atomic E-state index is 12.8. The number of nitriles is 1. The summed E-state index contributed by atoms with van der Waals surface area (Å²) in [5.41, 5.74) is 0.398. The van der Waals surface area contributed by atoms with E-state index in [4.69, 9.17) is 14.7 Å². The first kappa shape index (κ1) is 22.2. The van der Waals surface area contributed by atoms with Gasteiger partial charge in [-0.15, -0.1) is 0 Å². The number of benzene rings is 1. The lowest BCUT2D eigenvalue weighted by Crippen LogP contribution is -2.53. The van der Waals surface area contributed by atoms with E-state index < -0.39 is 17.7 Å². The molecule has 1 amide bonds. The lowest BCUT2D eigenvalue weighted by molar-refractivity contribution is -0.122.